The normalized spacial score (nSPS) is 14.4. The number of fused-ring (bicyclic) bond motifs is 1. The SMILES string of the molecule is Cc1c(C(C)NC(C)Cc2ccsc2)oc2ccccc12. The summed E-state index contributed by atoms with van der Waals surface area (Å²) in [6, 6.07) is 11.1. The van der Waals surface area contributed by atoms with Crippen molar-refractivity contribution >= 4 is 22.3 Å². The third-order valence-electron chi connectivity index (χ3n) is 3.93. The van der Waals surface area contributed by atoms with Crippen LogP contribution in [0.1, 0.15) is 36.8 Å². The highest BCUT2D eigenvalue weighted by molar-refractivity contribution is 7.07. The number of nitrogens with one attached hydrogen (secondary N) is 1. The van der Waals surface area contributed by atoms with Crippen LogP contribution in [-0.2, 0) is 6.42 Å². The summed E-state index contributed by atoms with van der Waals surface area (Å²) in [7, 11) is 0. The molecule has 0 spiro atoms. The summed E-state index contributed by atoms with van der Waals surface area (Å²) in [5.41, 5.74) is 3.62. The van der Waals surface area contributed by atoms with Gasteiger partial charge in [0.1, 0.15) is 11.3 Å². The predicted octanol–water partition coefficient (Wildman–Crippen LogP) is 5.08. The first-order valence-electron chi connectivity index (χ1n) is 7.40. The van der Waals surface area contributed by atoms with E-state index in [1.807, 2.05) is 12.1 Å². The molecule has 3 aromatic rings. The maximum atomic E-state index is 6.04. The van der Waals surface area contributed by atoms with E-state index in [1.165, 1.54) is 16.5 Å². The third kappa shape index (κ3) is 3.04. The number of para-hydroxylation sites is 1. The van der Waals surface area contributed by atoms with Crippen LogP contribution in [0.2, 0.25) is 0 Å². The van der Waals surface area contributed by atoms with Crippen LogP contribution < -0.4 is 5.32 Å². The largest absolute Gasteiger partial charge is 0.459 e. The maximum Gasteiger partial charge on any atom is 0.134 e. The van der Waals surface area contributed by atoms with Gasteiger partial charge in [0.25, 0.3) is 0 Å². The Balaban J connectivity index is 1.74. The standard InChI is InChI=1S/C18H21NOS/c1-12(10-15-8-9-21-11-15)19-14(3)18-13(2)16-6-4-5-7-17(16)20-18/h4-9,11-12,14,19H,10H2,1-3H3. The highest BCUT2D eigenvalue weighted by atomic mass is 32.1. The van der Waals surface area contributed by atoms with Crippen LogP contribution in [0.3, 0.4) is 0 Å². The lowest BCUT2D eigenvalue weighted by molar-refractivity contribution is 0.408. The number of aryl methyl sites for hydroxylation is 1. The van der Waals surface area contributed by atoms with Crippen LogP contribution in [-0.4, -0.2) is 6.04 Å². The summed E-state index contributed by atoms with van der Waals surface area (Å²) in [6.45, 7) is 6.55. The first-order valence-corrected chi connectivity index (χ1v) is 8.34. The van der Waals surface area contributed by atoms with Gasteiger partial charge in [-0.15, -0.1) is 0 Å². The van der Waals surface area contributed by atoms with Crippen LogP contribution in [0.5, 0.6) is 0 Å². The lowest BCUT2D eigenvalue weighted by atomic mass is 10.1. The molecular formula is C18H21NOS. The number of furan rings is 1. The fraction of sp³-hybridized carbons (Fsp3) is 0.333. The van der Waals surface area contributed by atoms with E-state index in [9.17, 15) is 0 Å². The van der Waals surface area contributed by atoms with Crippen molar-refractivity contribution in [3.8, 4) is 0 Å². The molecule has 2 heterocycles. The van der Waals surface area contributed by atoms with Crippen LogP contribution in [0.4, 0.5) is 0 Å². The molecule has 0 aliphatic carbocycles. The Bertz CT molecular complexity index is 714. The number of rotatable bonds is 5. The highest BCUT2D eigenvalue weighted by Gasteiger charge is 2.18. The minimum Gasteiger partial charge on any atom is -0.459 e. The van der Waals surface area contributed by atoms with Gasteiger partial charge in [-0.05, 0) is 61.2 Å². The molecule has 3 rings (SSSR count). The van der Waals surface area contributed by atoms with E-state index in [0.717, 1.165) is 17.8 Å². The Kier molecular flexibility index (Phi) is 4.13. The van der Waals surface area contributed by atoms with Crippen LogP contribution in [0.25, 0.3) is 11.0 Å². The summed E-state index contributed by atoms with van der Waals surface area (Å²) in [4.78, 5) is 0. The third-order valence-corrected chi connectivity index (χ3v) is 4.66. The Morgan fingerprint density at radius 1 is 1.19 bits per heavy atom. The second-order valence-corrected chi connectivity index (χ2v) is 6.49. The molecule has 0 aliphatic rings. The van der Waals surface area contributed by atoms with Gasteiger partial charge >= 0.3 is 0 Å². The van der Waals surface area contributed by atoms with E-state index >= 15 is 0 Å². The molecule has 2 aromatic heterocycles. The lowest BCUT2D eigenvalue weighted by Gasteiger charge is -2.18. The Morgan fingerprint density at radius 2 is 2.00 bits per heavy atom. The Labute approximate surface area is 129 Å². The lowest BCUT2D eigenvalue weighted by Crippen LogP contribution is -2.30. The zero-order valence-corrected chi connectivity index (χ0v) is 13.5. The molecule has 0 radical (unpaired) electrons. The zero-order valence-electron chi connectivity index (χ0n) is 12.7. The molecule has 0 amide bonds. The molecule has 21 heavy (non-hydrogen) atoms. The highest BCUT2D eigenvalue weighted by Crippen LogP contribution is 2.29. The fourth-order valence-corrected chi connectivity index (χ4v) is 3.61. The van der Waals surface area contributed by atoms with Gasteiger partial charge < -0.3 is 9.73 Å². The van der Waals surface area contributed by atoms with Gasteiger partial charge in [-0.1, -0.05) is 18.2 Å². The topological polar surface area (TPSA) is 25.2 Å². The monoisotopic (exact) mass is 299 g/mol. The number of hydrogen-bond acceptors (Lipinski definition) is 3. The molecule has 2 unspecified atom stereocenters. The van der Waals surface area contributed by atoms with Crippen molar-refractivity contribution in [2.24, 2.45) is 0 Å². The van der Waals surface area contributed by atoms with Gasteiger partial charge in [-0.3, -0.25) is 0 Å². The Morgan fingerprint density at radius 3 is 2.71 bits per heavy atom. The molecular weight excluding hydrogens is 278 g/mol. The van der Waals surface area contributed by atoms with Crippen molar-refractivity contribution in [3.63, 3.8) is 0 Å². The average Bonchev–Trinajstić information content (AvgIpc) is 3.07. The van der Waals surface area contributed by atoms with Gasteiger partial charge in [-0.25, -0.2) is 0 Å². The summed E-state index contributed by atoms with van der Waals surface area (Å²) < 4.78 is 6.04. The second kappa shape index (κ2) is 6.04. The molecule has 0 saturated carbocycles. The Hall–Kier alpha value is -1.58. The molecule has 1 aromatic carbocycles. The molecule has 3 heteroatoms. The van der Waals surface area contributed by atoms with Crippen molar-refractivity contribution in [2.45, 2.75) is 39.3 Å². The van der Waals surface area contributed by atoms with Crippen molar-refractivity contribution < 1.29 is 4.42 Å². The van der Waals surface area contributed by atoms with Crippen molar-refractivity contribution in [2.75, 3.05) is 0 Å². The van der Waals surface area contributed by atoms with E-state index in [2.05, 4.69) is 55.0 Å². The van der Waals surface area contributed by atoms with Crippen LogP contribution in [0.15, 0.2) is 45.5 Å². The summed E-state index contributed by atoms with van der Waals surface area (Å²) >= 11 is 1.76. The predicted molar refractivity (Wildman–Crippen MR) is 90.0 cm³/mol. The smallest absolute Gasteiger partial charge is 0.134 e. The van der Waals surface area contributed by atoms with E-state index in [-0.39, 0.29) is 6.04 Å². The summed E-state index contributed by atoms with van der Waals surface area (Å²) in [5.74, 6) is 1.05. The molecule has 2 atom stereocenters. The van der Waals surface area contributed by atoms with Crippen molar-refractivity contribution in [1.29, 1.82) is 0 Å². The van der Waals surface area contributed by atoms with Crippen LogP contribution in [0, 0.1) is 6.92 Å². The van der Waals surface area contributed by atoms with Crippen molar-refractivity contribution in [3.05, 3.63) is 58.0 Å². The summed E-state index contributed by atoms with van der Waals surface area (Å²) in [6.07, 6.45) is 1.05. The first kappa shape index (κ1) is 14.4. The van der Waals surface area contributed by atoms with E-state index in [1.54, 1.807) is 11.3 Å². The maximum absolute atomic E-state index is 6.04. The minimum absolute atomic E-state index is 0.214. The molecule has 2 nitrogen and oxygen atoms in total. The molecule has 0 saturated heterocycles. The number of hydrogen-bond donors (Lipinski definition) is 1. The zero-order chi connectivity index (χ0) is 14.8. The molecule has 0 aliphatic heterocycles. The first-order chi connectivity index (χ1) is 10.1. The van der Waals surface area contributed by atoms with Gasteiger partial charge in [0.15, 0.2) is 0 Å². The average molecular weight is 299 g/mol. The van der Waals surface area contributed by atoms with Crippen LogP contribution >= 0.6 is 11.3 Å². The molecule has 110 valence electrons. The minimum atomic E-state index is 0.214. The van der Waals surface area contributed by atoms with Gasteiger partial charge in [-0.2, -0.15) is 11.3 Å². The van der Waals surface area contributed by atoms with Gasteiger partial charge in [0.2, 0.25) is 0 Å². The van der Waals surface area contributed by atoms with Crippen molar-refractivity contribution in [1.82, 2.24) is 5.32 Å². The van der Waals surface area contributed by atoms with Gasteiger partial charge in [0.05, 0.1) is 6.04 Å². The summed E-state index contributed by atoms with van der Waals surface area (Å²) in [5, 5.41) is 9.21. The second-order valence-electron chi connectivity index (χ2n) is 5.71. The van der Waals surface area contributed by atoms with E-state index < -0.39 is 0 Å². The van der Waals surface area contributed by atoms with E-state index in [0.29, 0.717) is 6.04 Å². The van der Waals surface area contributed by atoms with E-state index in [4.69, 9.17) is 4.42 Å². The quantitative estimate of drug-likeness (QED) is 0.710. The number of thiophene rings is 1. The fourth-order valence-electron chi connectivity index (χ4n) is 2.93. The molecule has 0 bridgehead atoms. The van der Waals surface area contributed by atoms with Gasteiger partial charge in [0, 0.05) is 11.4 Å². The number of benzene rings is 1. The molecule has 1 N–H and O–H groups in total. The molecule has 0 fully saturated rings.